The molecule has 170 valence electrons. The second kappa shape index (κ2) is 9.13. The number of ketones is 1. The summed E-state index contributed by atoms with van der Waals surface area (Å²) in [6, 6.07) is 6.27. The summed E-state index contributed by atoms with van der Waals surface area (Å²) in [5.41, 5.74) is 1.07. The lowest BCUT2D eigenvalue weighted by atomic mass is 9.98. The molecule has 1 atom stereocenters. The average Bonchev–Trinajstić information content (AvgIpc) is 3.50. The number of benzene rings is 2. The van der Waals surface area contributed by atoms with Gasteiger partial charge in [-0.05, 0) is 48.9 Å². The molecular weight excluding hydrogens is 533 g/mol. The predicted molar refractivity (Wildman–Crippen MR) is 131 cm³/mol. The number of hydrogen-bond donors (Lipinski definition) is 1. The summed E-state index contributed by atoms with van der Waals surface area (Å²) in [5.74, 6) is -1.54. The van der Waals surface area contributed by atoms with Crippen LogP contribution in [0.5, 0.6) is 0 Å². The fourth-order valence-corrected chi connectivity index (χ4v) is 5.76. The molecule has 1 fully saturated rings. The van der Waals surface area contributed by atoms with Crippen LogP contribution in [0.2, 0.25) is 0 Å². The maximum atomic E-state index is 14.6. The van der Waals surface area contributed by atoms with Crippen LogP contribution in [0.1, 0.15) is 41.4 Å². The number of nitrogens with one attached hydrogen (secondary N) is 1. The van der Waals surface area contributed by atoms with E-state index in [0.29, 0.717) is 17.7 Å². The standard InChI is InChI=1S/C23H18BrClFN3O3S/c24-16-9-14(21(27-18(30)10-25)23-13(16)6-8-33-23)22(31)12-4-5-17(26)20-15(12)11-29(28-20)19-3-1-2-7-32-19/h4-6,8-9,11,19H,1-3,7,10H2,(H,27,30). The highest BCUT2D eigenvalue weighted by Crippen LogP contribution is 2.39. The highest BCUT2D eigenvalue weighted by Gasteiger charge is 2.25. The van der Waals surface area contributed by atoms with Crippen LogP contribution in [0.15, 0.2) is 40.3 Å². The van der Waals surface area contributed by atoms with Gasteiger partial charge in [-0.15, -0.1) is 22.9 Å². The fourth-order valence-electron chi connectivity index (χ4n) is 4.08. The molecule has 10 heteroatoms. The zero-order chi connectivity index (χ0) is 23.1. The Morgan fingerprint density at radius 3 is 2.88 bits per heavy atom. The number of nitrogens with zero attached hydrogens (tertiary/aromatic N) is 2. The summed E-state index contributed by atoms with van der Waals surface area (Å²) >= 11 is 10.6. The summed E-state index contributed by atoms with van der Waals surface area (Å²) in [5, 5.41) is 10.3. The summed E-state index contributed by atoms with van der Waals surface area (Å²) in [6.07, 6.45) is 4.12. The molecule has 6 nitrogen and oxygen atoms in total. The molecule has 1 aliphatic rings. The van der Waals surface area contributed by atoms with Gasteiger partial charge in [-0.2, -0.15) is 5.10 Å². The van der Waals surface area contributed by atoms with E-state index in [9.17, 15) is 14.0 Å². The number of alkyl halides is 1. The molecule has 0 spiro atoms. The third-order valence-electron chi connectivity index (χ3n) is 5.66. The van der Waals surface area contributed by atoms with Gasteiger partial charge in [-0.3, -0.25) is 9.59 Å². The van der Waals surface area contributed by atoms with Gasteiger partial charge in [0.15, 0.2) is 11.6 Å². The normalized spacial score (nSPS) is 16.4. The molecule has 0 aliphatic carbocycles. The van der Waals surface area contributed by atoms with Crippen LogP contribution in [-0.2, 0) is 9.53 Å². The van der Waals surface area contributed by atoms with Crippen LogP contribution in [0, 0.1) is 5.82 Å². The van der Waals surface area contributed by atoms with E-state index >= 15 is 0 Å². The first-order valence-corrected chi connectivity index (χ1v) is 12.6. The summed E-state index contributed by atoms with van der Waals surface area (Å²) in [7, 11) is 0. The number of hydrogen-bond acceptors (Lipinski definition) is 5. The van der Waals surface area contributed by atoms with Crippen molar-refractivity contribution < 1.29 is 18.7 Å². The van der Waals surface area contributed by atoms with Gasteiger partial charge in [0.2, 0.25) is 5.91 Å². The molecule has 3 heterocycles. The zero-order valence-electron chi connectivity index (χ0n) is 17.2. The van der Waals surface area contributed by atoms with E-state index in [0.717, 1.165) is 33.8 Å². The van der Waals surface area contributed by atoms with Crippen LogP contribution in [0.25, 0.3) is 21.0 Å². The quantitative estimate of drug-likeness (QED) is 0.235. The van der Waals surface area contributed by atoms with Gasteiger partial charge in [0.05, 0.1) is 10.4 Å². The number of thiophene rings is 1. The summed E-state index contributed by atoms with van der Waals surface area (Å²) in [6.45, 7) is 0.619. The minimum absolute atomic E-state index is 0.109. The molecule has 1 saturated heterocycles. The first-order valence-electron chi connectivity index (χ1n) is 10.4. The third kappa shape index (κ3) is 4.07. The lowest BCUT2D eigenvalue weighted by Gasteiger charge is -2.22. The van der Waals surface area contributed by atoms with E-state index in [1.54, 1.807) is 16.9 Å². The molecule has 1 aliphatic heterocycles. The van der Waals surface area contributed by atoms with Gasteiger partial charge in [0.25, 0.3) is 0 Å². The predicted octanol–water partition coefficient (Wildman–Crippen LogP) is 6.26. The molecule has 1 unspecified atom stereocenters. The van der Waals surface area contributed by atoms with Crippen LogP contribution in [0.4, 0.5) is 10.1 Å². The fraction of sp³-hybridized carbons (Fsp3) is 0.261. The molecule has 4 aromatic rings. The molecule has 2 aromatic carbocycles. The van der Waals surface area contributed by atoms with Crippen molar-refractivity contribution in [3.63, 3.8) is 0 Å². The van der Waals surface area contributed by atoms with Gasteiger partial charge < -0.3 is 10.1 Å². The molecule has 5 rings (SSSR count). The van der Waals surface area contributed by atoms with Crippen LogP contribution in [0.3, 0.4) is 0 Å². The Morgan fingerprint density at radius 2 is 2.12 bits per heavy atom. The van der Waals surface area contributed by atoms with Crippen molar-refractivity contribution in [1.29, 1.82) is 0 Å². The van der Waals surface area contributed by atoms with E-state index < -0.39 is 11.7 Å². The topological polar surface area (TPSA) is 73.2 Å². The second-order valence-corrected chi connectivity index (χ2v) is 9.78. The number of carbonyl (C=O) groups is 2. The third-order valence-corrected chi connectivity index (χ3v) is 7.49. The smallest absolute Gasteiger partial charge is 0.239 e. The minimum Gasteiger partial charge on any atom is -0.357 e. The number of halogens is 3. The molecule has 0 radical (unpaired) electrons. The van der Waals surface area contributed by atoms with Crippen molar-refractivity contribution in [3.05, 3.63) is 57.3 Å². The minimum atomic E-state index is -0.512. The van der Waals surface area contributed by atoms with Crippen molar-refractivity contribution in [1.82, 2.24) is 9.78 Å². The number of fused-ring (bicyclic) bond motifs is 2. The lowest BCUT2D eigenvalue weighted by Crippen LogP contribution is -2.18. The van der Waals surface area contributed by atoms with Gasteiger partial charge >= 0.3 is 0 Å². The van der Waals surface area contributed by atoms with Crippen LogP contribution in [-0.4, -0.2) is 34.0 Å². The largest absolute Gasteiger partial charge is 0.357 e. The number of amides is 1. The Balaban J connectivity index is 1.66. The van der Waals surface area contributed by atoms with Crippen molar-refractivity contribution in [2.24, 2.45) is 0 Å². The van der Waals surface area contributed by atoms with Crippen molar-refractivity contribution in [3.8, 4) is 0 Å². The number of aromatic nitrogens is 2. The van der Waals surface area contributed by atoms with Gasteiger partial charge in [0.1, 0.15) is 17.6 Å². The van der Waals surface area contributed by atoms with Crippen molar-refractivity contribution in [2.45, 2.75) is 25.5 Å². The molecule has 1 N–H and O–H groups in total. The highest BCUT2D eigenvalue weighted by molar-refractivity contribution is 9.10. The number of anilines is 1. The Labute approximate surface area is 205 Å². The maximum absolute atomic E-state index is 14.6. The van der Waals surface area contributed by atoms with E-state index in [4.69, 9.17) is 16.3 Å². The molecule has 0 saturated carbocycles. The monoisotopic (exact) mass is 549 g/mol. The van der Waals surface area contributed by atoms with Crippen molar-refractivity contribution in [2.75, 3.05) is 17.8 Å². The molecule has 33 heavy (non-hydrogen) atoms. The Kier molecular flexibility index (Phi) is 6.22. The Hall–Kier alpha value is -2.33. The number of ether oxygens (including phenoxy) is 1. The lowest BCUT2D eigenvalue weighted by molar-refractivity contribution is -0.113. The molecule has 1 amide bonds. The second-order valence-electron chi connectivity index (χ2n) is 7.74. The molecular formula is C23H18BrClFN3O3S. The van der Waals surface area contributed by atoms with Gasteiger partial charge in [-0.25, -0.2) is 9.07 Å². The summed E-state index contributed by atoms with van der Waals surface area (Å²) < 4.78 is 23.5. The Morgan fingerprint density at radius 1 is 1.27 bits per heavy atom. The Bertz CT molecular complexity index is 1400. The maximum Gasteiger partial charge on any atom is 0.239 e. The van der Waals surface area contributed by atoms with Crippen molar-refractivity contribution >= 4 is 77.2 Å². The first kappa shape index (κ1) is 22.5. The SMILES string of the molecule is O=C(CCl)Nc1c(C(=O)c2ccc(F)c3nn(C4CCCCO4)cc23)cc(Br)c2ccsc12. The van der Waals surface area contributed by atoms with E-state index in [1.165, 1.54) is 23.5 Å². The zero-order valence-corrected chi connectivity index (χ0v) is 20.4. The van der Waals surface area contributed by atoms with Gasteiger partial charge in [-0.1, -0.05) is 15.9 Å². The molecule has 2 aromatic heterocycles. The van der Waals surface area contributed by atoms with E-state index in [2.05, 4.69) is 26.3 Å². The van der Waals surface area contributed by atoms with Crippen LogP contribution >= 0.6 is 38.9 Å². The number of carbonyl (C=O) groups excluding carboxylic acids is 2. The summed E-state index contributed by atoms with van der Waals surface area (Å²) in [4.78, 5) is 25.9. The van der Waals surface area contributed by atoms with E-state index in [-0.39, 0.29) is 34.5 Å². The highest BCUT2D eigenvalue weighted by atomic mass is 79.9. The first-order chi connectivity index (χ1) is 16.0. The van der Waals surface area contributed by atoms with Gasteiger partial charge in [0, 0.05) is 39.2 Å². The molecule has 0 bridgehead atoms. The average molecular weight is 551 g/mol. The number of rotatable bonds is 5. The van der Waals surface area contributed by atoms with Crippen LogP contribution < -0.4 is 5.32 Å². The van der Waals surface area contributed by atoms with E-state index in [1.807, 2.05) is 11.4 Å².